The fourth-order valence-corrected chi connectivity index (χ4v) is 4.32. The average Bonchev–Trinajstić information content (AvgIpc) is 3.23. The number of benzene rings is 1. The number of rotatable bonds is 3. The van der Waals surface area contributed by atoms with E-state index in [2.05, 4.69) is 30.4 Å². The van der Waals surface area contributed by atoms with Crippen LogP contribution in [-0.2, 0) is 4.74 Å². The zero-order valence-corrected chi connectivity index (χ0v) is 15.2. The summed E-state index contributed by atoms with van der Waals surface area (Å²) in [6.45, 7) is 5.42. The molecule has 0 aliphatic carbocycles. The minimum atomic E-state index is -0.145. The van der Waals surface area contributed by atoms with Crippen molar-refractivity contribution in [2.24, 2.45) is 0 Å². The van der Waals surface area contributed by atoms with Crippen LogP contribution in [0.1, 0.15) is 33.6 Å². The number of carbonyl (C=O) groups is 1. The smallest absolute Gasteiger partial charge is 0.263 e. The standard InChI is InChI=1S/C19H21N3O2S/c1-10-5-6-11(2)16-13(10)8-14-15(20)17(25-19(14)22-16)18(23)21-9-12-4-3-7-24-12/h5-6,8,12H,3-4,7,9,20H2,1-2H3,(H,21,23). The molecule has 1 aliphatic heterocycles. The maximum absolute atomic E-state index is 12.6. The lowest BCUT2D eigenvalue weighted by atomic mass is 10.0. The van der Waals surface area contributed by atoms with Crippen molar-refractivity contribution >= 4 is 44.1 Å². The van der Waals surface area contributed by atoms with Gasteiger partial charge in [-0.05, 0) is 43.9 Å². The van der Waals surface area contributed by atoms with E-state index in [0.29, 0.717) is 17.1 Å². The summed E-state index contributed by atoms with van der Waals surface area (Å²) in [5.41, 5.74) is 10.0. The zero-order chi connectivity index (χ0) is 17.6. The van der Waals surface area contributed by atoms with E-state index in [1.54, 1.807) is 0 Å². The largest absolute Gasteiger partial charge is 0.397 e. The van der Waals surface area contributed by atoms with Gasteiger partial charge in [-0.15, -0.1) is 11.3 Å². The fraction of sp³-hybridized carbons (Fsp3) is 0.368. The molecule has 0 bridgehead atoms. The molecule has 1 aromatic carbocycles. The average molecular weight is 355 g/mol. The highest BCUT2D eigenvalue weighted by atomic mass is 32.1. The number of nitrogens with one attached hydrogen (secondary N) is 1. The first-order valence-corrected chi connectivity index (χ1v) is 9.35. The van der Waals surface area contributed by atoms with Gasteiger partial charge in [-0.2, -0.15) is 0 Å². The molecule has 3 heterocycles. The van der Waals surface area contributed by atoms with Crippen molar-refractivity contribution in [2.75, 3.05) is 18.9 Å². The highest BCUT2D eigenvalue weighted by molar-refractivity contribution is 7.21. The summed E-state index contributed by atoms with van der Waals surface area (Å²) in [5.74, 6) is -0.145. The van der Waals surface area contributed by atoms with E-state index in [1.165, 1.54) is 11.3 Å². The lowest BCUT2D eigenvalue weighted by Gasteiger charge is -2.10. The Labute approximate surface area is 150 Å². The molecule has 5 nitrogen and oxygen atoms in total. The van der Waals surface area contributed by atoms with Crippen molar-refractivity contribution in [3.05, 3.63) is 34.2 Å². The Kier molecular flexibility index (Phi) is 4.09. The molecule has 1 saturated heterocycles. The van der Waals surface area contributed by atoms with Crippen molar-refractivity contribution in [2.45, 2.75) is 32.8 Å². The number of nitrogens with zero attached hydrogens (tertiary/aromatic N) is 1. The molecule has 1 unspecified atom stereocenters. The topological polar surface area (TPSA) is 77.2 Å². The second-order valence-electron chi connectivity index (χ2n) is 6.63. The molecule has 0 spiro atoms. The Hall–Kier alpha value is -2.18. The van der Waals surface area contributed by atoms with Gasteiger partial charge in [0.25, 0.3) is 5.91 Å². The summed E-state index contributed by atoms with van der Waals surface area (Å²) in [6.07, 6.45) is 2.17. The van der Waals surface area contributed by atoms with Gasteiger partial charge in [0.05, 0.1) is 17.3 Å². The van der Waals surface area contributed by atoms with Gasteiger partial charge in [0, 0.05) is 23.9 Å². The van der Waals surface area contributed by atoms with E-state index >= 15 is 0 Å². The quantitative estimate of drug-likeness (QED) is 0.753. The number of nitrogens with two attached hydrogens (primary N) is 1. The van der Waals surface area contributed by atoms with Crippen molar-refractivity contribution in [1.82, 2.24) is 10.3 Å². The Balaban J connectivity index is 1.71. The maximum atomic E-state index is 12.6. The van der Waals surface area contributed by atoms with Crippen LogP contribution in [0.25, 0.3) is 21.1 Å². The molecule has 6 heteroatoms. The lowest BCUT2D eigenvalue weighted by molar-refractivity contribution is 0.0862. The molecule has 3 N–H and O–H groups in total. The molecule has 1 amide bonds. The second-order valence-corrected chi connectivity index (χ2v) is 7.63. The number of fused-ring (bicyclic) bond motifs is 2. The predicted octanol–water partition coefficient (Wildman–Crippen LogP) is 3.56. The minimum absolute atomic E-state index is 0.116. The molecule has 0 saturated carbocycles. The maximum Gasteiger partial charge on any atom is 0.263 e. The van der Waals surface area contributed by atoms with E-state index in [9.17, 15) is 4.79 Å². The van der Waals surface area contributed by atoms with Crippen LogP contribution in [0.5, 0.6) is 0 Å². The number of hydrogen-bond donors (Lipinski definition) is 2. The summed E-state index contributed by atoms with van der Waals surface area (Å²) < 4.78 is 5.55. The molecule has 2 aromatic heterocycles. The van der Waals surface area contributed by atoms with Crippen LogP contribution >= 0.6 is 11.3 Å². The van der Waals surface area contributed by atoms with Crippen LogP contribution in [0.2, 0.25) is 0 Å². The summed E-state index contributed by atoms with van der Waals surface area (Å²) >= 11 is 1.35. The molecular formula is C19H21N3O2S. The Bertz CT molecular complexity index is 974. The monoisotopic (exact) mass is 355 g/mol. The molecule has 25 heavy (non-hydrogen) atoms. The molecule has 1 atom stereocenters. The van der Waals surface area contributed by atoms with E-state index in [0.717, 1.165) is 51.7 Å². The SMILES string of the molecule is Cc1ccc(C)c2nc3sc(C(=O)NCC4CCCO4)c(N)c3cc12. The summed E-state index contributed by atoms with van der Waals surface area (Å²) in [5, 5.41) is 4.89. The van der Waals surface area contributed by atoms with Gasteiger partial charge in [0.15, 0.2) is 0 Å². The van der Waals surface area contributed by atoms with Crippen LogP contribution in [0.4, 0.5) is 5.69 Å². The van der Waals surface area contributed by atoms with Crippen molar-refractivity contribution < 1.29 is 9.53 Å². The second kappa shape index (κ2) is 6.28. The number of carbonyl (C=O) groups excluding carboxylic acids is 1. The number of aryl methyl sites for hydroxylation is 2. The highest BCUT2D eigenvalue weighted by Gasteiger charge is 2.21. The van der Waals surface area contributed by atoms with Crippen molar-refractivity contribution in [3.8, 4) is 0 Å². The lowest BCUT2D eigenvalue weighted by Crippen LogP contribution is -2.31. The van der Waals surface area contributed by atoms with Crippen LogP contribution in [0, 0.1) is 13.8 Å². The Morgan fingerprint density at radius 1 is 1.36 bits per heavy atom. The Morgan fingerprint density at radius 3 is 2.92 bits per heavy atom. The zero-order valence-electron chi connectivity index (χ0n) is 14.4. The fourth-order valence-electron chi connectivity index (χ4n) is 3.32. The number of amides is 1. The molecule has 4 rings (SSSR count). The first-order valence-electron chi connectivity index (χ1n) is 8.53. The van der Waals surface area contributed by atoms with Gasteiger partial charge in [0.1, 0.15) is 9.71 Å². The van der Waals surface area contributed by atoms with Gasteiger partial charge in [-0.1, -0.05) is 12.1 Å². The predicted molar refractivity (Wildman–Crippen MR) is 102 cm³/mol. The number of pyridine rings is 1. The number of ether oxygens (including phenoxy) is 1. The van der Waals surface area contributed by atoms with Gasteiger partial charge in [-0.25, -0.2) is 4.98 Å². The van der Waals surface area contributed by atoms with Gasteiger partial charge >= 0.3 is 0 Å². The van der Waals surface area contributed by atoms with E-state index in [-0.39, 0.29) is 12.0 Å². The van der Waals surface area contributed by atoms with E-state index in [1.807, 2.05) is 6.92 Å². The third kappa shape index (κ3) is 2.85. The third-order valence-electron chi connectivity index (χ3n) is 4.82. The van der Waals surface area contributed by atoms with Crippen molar-refractivity contribution in [1.29, 1.82) is 0 Å². The molecular weight excluding hydrogens is 334 g/mol. The van der Waals surface area contributed by atoms with Crippen LogP contribution in [0.3, 0.4) is 0 Å². The van der Waals surface area contributed by atoms with Gasteiger partial charge in [-0.3, -0.25) is 4.79 Å². The van der Waals surface area contributed by atoms with Crippen LogP contribution in [-0.4, -0.2) is 30.1 Å². The summed E-state index contributed by atoms with van der Waals surface area (Å²) in [4.78, 5) is 18.7. The molecule has 1 aliphatic rings. The van der Waals surface area contributed by atoms with Gasteiger partial charge < -0.3 is 15.8 Å². The molecule has 1 fully saturated rings. The van der Waals surface area contributed by atoms with Crippen LogP contribution < -0.4 is 11.1 Å². The number of thiophene rings is 1. The van der Waals surface area contributed by atoms with Crippen LogP contribution in [0.15, 0.2) is 18.2 Å². The number of anilines is 1. The Morgan fingerprint density at radius 2 is 2.16 bits per heavy atom. The molecule has 3 aromatic rings. The van der Waals surface area contributed by atoms with E-state index < -0.39 is 0 Å². The molecule has 130 valence electrons. The van der Waals surface area contributed by atoms with Crippen molar-refractivity contribution in [3.63, 3.8) is 0 Å². The first-order chi connectivity index (χ1) is 12.0. The van der Waals surface area contributed by atoms with E-state index in [4.69, 9.17) is 15.5 Å². The summed E-state index contributed by atoms with van der Waals surface area (Å²) in [6, 6.07) is 6.22. The highest BCUT2D eigenvalue weighted by Crippen LogP contribution is 2.35. The minimum Gasteiger partial charge on any atom is -0.397 e. The number of aromatic nitrogens is 1. The normalized spacial score (nSPS) is 17.4. The van der Waals surface area contributed by atoms with Gasteiger partial charge in [0.2, 0.25) is 0 Å². The first kappa shape index (κ1) is 16.3. The number of nitrogen functional groups attached to an aromatic ring is 1. The molecule has 0 radical (unpaired) electrons. The number of hydrogen-bond acceptors (Lipinski definition) is 5. The third-order valence-corrected chi connectivity index (χ3v) is 5.94. The summed E-state index contributed by atoms with van der Waals surface area (Å²) in [7, 11) is 0.